The van der Waals surface area contributed by atoms with Crippen molar-refractivity contribution in [3.63, 3.8) is 0 Å². The molecule has 3 heteroatoms. The summed E-state index contributed by atoms with van der Waals surface area (Å²) in [7, 11) is 0. The van der Waals surface area contributed by atoms with E-state index in [1.54, 1.807) is 0 Å². The van der Waals surface area contributed by atoms with Crippen LogP contribution < -0.4 is 5.32 Å². The van der Waals surface area contributed by atoms with Crippen LogP contribution in [-0.4, -0.2) is 0 Å². The van der Waals surface area contributed by atoms with E-state index in [0.717, 1.165) is 16.7 Å². The molecule has 21 heavy (non-hydrogen) atoms. The SMILES string of the molecule is Cc1cccc(NCc2ccc(-c3ccccc3)s2)c1Br. The summed E-state index contributed by atoms with van der Waals surface area (Å²) < 4.78 is 1.14. The fourth-order valence-electron chi connectivity index (χ4n) is 2.20. The highest BCUT2D eigenvalue weighted by Gasteiger charge is 2.05. The Labute approximate surface area is 137 Å². The minimum atomic E-state index is 0.847. The number of nitrogens with one attached hydrogen (secondary N) is 1. The minimum absolute atomic E-state index is 0.847. The first-order valence-corrected chi connectivity index (χ1v) is 8.48. The van der Waals surface area contributed by atoms with Crippen LogP contribution >= 0.6 is 27.3 Å². The quantitative estimate of drug-likeness (QED) is 0.594. The lowest BCUT2D eigenvalue weighted by Crippen LogP contribution is -1.98. The van der Waals surface area contributed by atoms with Gasteiger partial charge in [-0.25, -0.2) is 0 Å². The van der Waals surface area contributed by atoms with Crippen molar-refractivity contribution in [1.82, 2.24) is 0 Å². The van der Waals surface area contributed by atoms with E-state index < -0.39 is 0 Å². The van der Waals surface area contributed by atoms with Crippen molar-refractivity contribution in [2.75, 3.05) is 5.32 Å². The highest BCUT2D eigenvalue weighted by molar-refractivity contribution is 9.10. The number of hydrogen-bond donors (Lipinski definition) is 1. The van der Waals surface area contributed by atoms with E-state index in [9.17, 15) is 0 Å². The number of anilines is 1. The van der Waals surface area contributed by atoms with Gasteiger partial charge in [-0.05, 0) is 52.2 Å². The second-order valence-corrected chi connectivity index (χ2v) is 6.88. The van der Waals surface area contributed by atoms with E-state index in [1.165, 1.54) is 20.9 Å². The molecule has 2 aromatic carbocycles. The Bertz CT molecular complexity index is 734. The molecule has 0 amide bonds. The van der Waals surface area contributed by atoms with Crippen LogP contribution in [0.15, 0.2) is 65.1 Å². The molecule has 0 aliphatic rings. The van der Waals surface area contributed by atoms with Crippen LogP contribution in [0.3, 0.4) is 0 Å². The van der Waals surface area contributed by atoms with Gasteiger partial charge in [-0.2, -0.15) is 0 Å². The molecule has 0 aliphatic carbocycles. The molecular formula is C18H16BrNS. The molecule has 0 spiro atoms. The maximum absolute atomic E-state index is 3.64. The van der Waals surface area contributed by atoms with Gasteiger partial charge in [-0.15, -0.1) is 11.3 Å². The third-order valence-corrected chi connectivity index (χ3v) is 5.55. The predicted molar refractivity (Wildman–Crippen MR) is 96.0 cm³/mol. The molecule has 106 valence electrons. The van der Waals surface area contributed by atoms with Crippen molar-refractivity contribution in [2.24, 2.45) is 0 Å². The average Bonchev–Trinajstić information content (AvgIpc) is 2.99. The monoisotopic (exact) mass is 357 g/mol. The molecule has 3 rings (SSSR count). The van der Waals surface area contributed by atoms with E-state index in [0.29, 0.717) is 0 Å². The number of benzene rings is 2. The molecule has 1 N–H and O–H groups in total. The summed E-state index contributed by atoms with van der Waals surface area (Å²) in [5, 5.41) is 3.50. The summed E-state index contributed by atoms with van der Waals surface area (Å²) in [6, 6.07) is 21.2. The number of aryl methyl sites for hydroxylation is 1. The normalized spacial score (nSPS) is 10.6. The summed E-state index contributed by atoms with van der Waals surface area (Å²) in [4.78, 5) is 2.65. The average molecular weight is 358 g/mol. The van der Waals surface area contributed by atoms with Gasteiger partial charge in [0, 0.05) is 26.5 Å². The Morgan fingerprint density at radius 3 is 2.57 bits per heavy atom. The highest BCUT2D eigenvalue weighted by Crippen LogP contribution is 2.30. The second kappa shape index (κ2) is 6.46. The maximum Gasteiger partial charge on any atom is 0.0494 e. The second-order valence-electron chi connectivity index (χ2n) is 4.92. The molecule has 0 saturated carbocycles. The van der Waals surface area contributed by atoms with Crippen LogP contribution in [0, 0.1) is 6.92 Å². The maximum atomic E-state index is 3.64. The fraction of sp³-hybridized carbons (Fsp3) is 0.111. The largest absolute Gasteiger partial charge is 0.379 e. The zero-order valence-electron chi connectivity index (χ0n) is 11.8. The van der Waals surface area contributed by atoms with Gasteiger partial charge in [-0.1, -0.05) is 42.5 Å². The molecule has 0 atom stereocenters. The van der Waals surface area contributed by atoms with Crippen molar-refractivity contribution in [3.8, 4) is 10.4 Å². The fourth-order valence-corrected chi connectivity index (χ4v) is 3.55. The number of halogens is 1. The van der Waals surface area contributed by atoms with Gasteiger partial charge in [0.25, 0.3) is 0 Å². The third-order valence-electron chi connectivity index (χ3n) is 3.36. The van der Waals surface area contributed by atoms with Crippen LogP contribution in [-0.2, 0) is 6.54 Å². The van der Waals surface area contributed by atoms with Gasteiger partial charge in [0.1, 0.15) is 0 Å². The van der Waals surface area contributed by atoms with Crippen LogP contribution in [0.2, 0.25) is 0 Å². The summed E-state index contributed by atoms with van der Waals surface area (Å²) >= 11 is 5.47. The van der Waals surface area contributed by atoms with Gasteiger partial charge < -0.3 is 5.32 Å². The van der Waals surface area contributed by atoms with Crippen molar-refractivity contribution in [2.45, 2.75) is 13.5 Å². The van der Waals surface area contributed by atoms with Crippen LogP contribution in [0.1, 0.15) is 10.4 Å². The van der Waals surface area contributed by atoms with Crippen LogP contribution in [0.5, 0.6) is 0 Å². The molecule has 0 radical (unpaired) electrons. The molecule has 0 bridgehead atoms. The van der Waals surface area contributed by atoms with E-state index in [-0.39, 0.29) is 0 Å². The smallest absolute Gasteiger partial charge is 0.0494 e. The lowest BCUT2D eigenvalue weighted by Gasteiger charge is -2.09. The van der Waals surface area contributed by atoms with E-state index in [2.05, 4.69) is 88.8 Å². The Morgan fingerprint density at radius 1 is 0.952 bits per heavy atom. The Hall–Kier alpha value is -1.58. The molecule has 0 saturated heterocycles. The van der Waals surface area contributed by atoms with Crippen LogP contribution in [0.25, 0.3) is 10.4 Å². The molecule has 1 nitrogen and oxygen atoms in total. The zero-order valence-corrected chi connectivity index (χ0v) is 14.2. The Kier molecular flexibility index (Phi) is 4.42. The molecule has 1 heterocycles. The Morgan fingerprint density at radius 2 is 1.76 bits per heavy atom. The van der Waals surface area contributed by atoms with Crippen molar-refractivity contribution in [1.29, 1.82) is 0 Å². The van der Waals surface area contributed by atoms with Crippen molar-refractivity contribution >= 4 is 33.0 Å². The molecule has 0 fully saturated rings. The molecule has 1 aromatic heterocycles. The lowest BCUT2D eigenvalue weighted by molar-refractivity contribution is 1.18. The lowest BCUT2D eigenvalue weighted by atomic mass is 10.2. The molecule has 0 unspecified atom stereocenters. The molecule has 0 aliphatic heterocycles. The number of hydrogen-bond acceptors (Lipinski definition) is 2. The van der Waals surface area contributed by atoms with Gasteiger partial charge in [0.15, 0.2) is 0 Å². The van der Waals surface area contributed by atoms with Crippen LogP contribution in [0.4, 0.5) is 5.69 Å². The van der Waals surface area contributed by atoms with Gasteiger partial charge in [-0.3, -0.25) is 0 Å². The van der Waals surface area contributed by atoms with E-state index in [4.69, 9.17) is 0 Å². The van der Waals surface area contributed by atoms with E-state index >= 15 is 0 Å². The number of rotatable bonds is 4. The first kappa shape index (κ1) is 14.4. The van der Waals surface area contributed by atoms with Crippen molar-refractivity contribution < 1.29 is 0 Å². The number of thiophene rings is 1. The van der Waals surface area contributed by atoms with E-state index in [1.807, 2.05) is 11.3 Å². The summed E-state index contributed by atoms with van der Waals surface area (Å²) in [6.45, 7) is 2.95. The topological polar surface area (TPSA) is 12.0 Å². The summed E-state index contributed by atoms with van der Waals surface area (Å²) in [5.74, 6) is 0. The summed E-state index contributed by atoms with van der Waals surface area (Å²) in [6.07, 6.45) is 0. The third kappa shape index (κ3) is 3.36. The molecular weight excluding hydrogens is 342 g/mol. The highest BCUT2D eigenvalue weighted by atomic mass is 79.9. The van der Waals surface area contributed by atoms with Gasteiger partial charge in [0.05, 0.1) is 0 Å². The van der Waals surface area contributed by atoms with Gasteiger partial charge >= 0.3 is 0 Å². The van der Waals surface area contributed by atoms with Crippen molar-refractivity contribution in [3.05, 3.63) is 75.6 Å². The standard InChI is InChI=1S/C18H16BrNS/c1-13-6-5-9-16(18(13)19)20-12-15-10-11-17(21-15)14-7-3-2-4-8-14/h2-11,20H,12H2,1H3. The first-order chi connectivity index (χ1) is 10.2. The predicted octanol–water partition coefficient (Wildman–Crippen LogP) is 6.10. The molecule has 3 aromatic rings. The summed E-state index contributed by atoms with van der Waals surface area (Å²) in [5.41, 5.74) is 3.67. The first-order valence-electron chi connectivity index (χ1n) is 6.87. The minimum Gasteiger partial charge on any atom is -0.379 e. The zero-order chi connectivity index (χ0) is 14.7. The Balaban J connectivity index is 1.72. The van der Waals surface area contributed by atoms with Gasteiger partial charge in [0.2, 0.25) is 0 Å².